The van der Waals surface area contributed by atoms with Gasteiger partial charge < -0.3 is 0 Å². The molecule has 0 nitrogen and oxygen atoms in total. The molecule has 54 valence electrons. The van der Waals surface area contributed by atoms with Gasteiger partial charge in [0.05, 0.1) is 0 Å². The summed E-state index contributed by atoms with van der Waals surface area (Å²) in [7, 11) is 0. The van der Waals surface area contributed by atoms with E-state index < -0.39 is 0 Å². The molecular weight excluding hydrogens is 108 g/mol. The molecule has 2 atom stereocenters. The quantitative estimate of drug-likeness (QED) is 0.533. The average Bonchev–Trinajstić information content (AvgIpc) is 2.17. The standard InChI is InChI=1S/C9H18/c1-3-4-9-6-5-8(2)7-9/h8-9H,3-7H2,1-2H3. The molecule has 9 heavy (non-hydrogen) atoms. The molecule has 1 aliphatic carbocycles. The van der Waals surface area contributed by atoms with Crippen molar-refractivity contribution < 1.29 is 0 Å². The lowest BCUT2D eigenvalue weighted by Crippen LogP contribution is -1.92. The van der Waals surface area contributed by atoms with Gasteiger partial charge in [-0.3, -0.25) is 0 Å². The predicted octanol–water partition coefficient (Wildman–Crippen LogP) is 3.22. The third kappa shape index (κ3) is 2.00. The minimum atomic E-state index is 1.03. The first-order valence-corrected chi connectivity index (χ1v) is 4.33. The zero-order valence-electron chi connectivity index (χ0n) is 6.69. The molecule has 0 radical (unpaired) electrons. The minimum absolute atomic E-state index is 1.03. The van der Waals surface area contributed by atoms with E-state index in [9.17, 15) is 0 Å². The highest BCUT2D eigenvalue weighted by Gasteiger charge is 2.19. The summed E-state index contributed by atoms with van der Waals surface area (Å²) in [5, 5.41) is 0. The van der Waals surface area contributed by atoms with Gasteiger partial charge >= 0.3 is 0 Å². The molecule has 0 heterocycles. The van der Waals surface area contributed by atoms with Crippen LogP contribution in [-0.4, -0.2) is 0 Å². The lowest BCUT2D eigenvalue weighted by atomic mass is 10.0. The first-order chi connectivity index (χ1) is 4.33. The van der Waals surface area contributed by atoms with Crippen LogP contribution in [0.15, 0.2) is 0 Å². The number of hydrogen-bond donors (Lipinski definition) is 0. The van der Waals surface area contributed by atoms with E-state index >= 15 is 0 Å². The Kier molecular flexibility index (Phi) is 2.56. The molecule has 0 aromatic rings. The van der Waals surface area contributed by atoms with Crippen molar-refractivity contribution in [2.24, 2.45) is 11.8 Å². The van der Waals surface area contributed by atoms with Crippen LogP contribution in [0.5, 0.6) is 0 Å². The fourth-order valence-corrected chi connectivity index (χ4v) is 2.00. The molecule has 0 N–H and O–H groups in total. The molecule has 1 rings (SSSR count). The second-order valence-electron chi connectivity index (χ2n) is 3.57. The number of hydrogen-bond acceptors (Lipinski definition) is 0. The Balaban J connectivity index is 2.14. The van der Waals surface area contributed by atoms with E-state index in [4.69, 9.17) is 0 Å². The highest BCUT2D eigenvalue weighted by atomic mass is 14.2. The second kappa shape index (κ2) is 3.24. The van der Waals surface area contributed by atoms with Gasteiger partial charge in [0.25, 0.3) is 0 Å². The fraction of sp³-hybridized carbons (Fsp3) is 1.00. The largest absolute Gasteiger partial charge is 0.0654 e. The second-order valence-corrected chi connectivity index (χ2v) is 3.57. The van der Waals surface area contributed by atoms with Crippen LogP contribution in [0, 0.1) is 11.8 Å². The normalized spacial score (nSPS) is 35.3. The Hall–Kier alpha value is 0. The summed E-state index contributed by atoms with van der Waals surface area (Å²) in [4.78, 5) is 0. The maximum absolute atomic E-state index is 2.38. The van der Waals surface area contributed by atoms with E-state index in [2.05, 4.69) is 13.8 Å². The van der Waals surface area contributed by atoms with Crippen LogP contribution in [0.3, 0.4) is 0 Å². The third-order valence-corrected chi connectivity index (χ3v) is 2.50. The minimum Gasteiger partial charge on any atom is -0.0654 e. The zero-order valence-corrected chi connectivity index (χ0v) is 6.69. The Morgan fingerprint density at radius 2 is 2.11 bits per heavy atom. The summed E-state index contributed by atoms with van der Waals surface area (Å²) >= 11 is 0. The van der Waals surface area contributed by atoms with Crippen LogP contribution >= 0.6 is 0 Å². The highest BCUT2D eigenvalue weighted by molar-refractivity contribution is 4.71. The molecule has 0 amide bonds. The maximum atomic E-state index is 2.38. The van der Waals surface area contributed by atoms with E-state index in [-0.39, 0.29) is 0 Å². The molecule has 0 heteroatoms. The van der Waals surface area contributed by atoms with E-state index in [0.717, 1.165) is 11.8 Å². The van der Waals surface area contributed by atoms with Gasteiger partial charge in [-0.2, -0.15) is 0 Å². The van der Waals surface area contributed by atoms with Gasteiger partial charge in [-0.15, -0.1) is 0 Å². The van der Waals surface area contributed by atoms with Gasteiger partial charge in [-0.05, 0) is 18.3 Å². The van der Waals surface area contributed by atoms with Crippen molar-refractivity contribution in [3.63, 3.8) is 0 Å². The van der Waals surface area contributed by atoms with E-state index in [0.29, 0.717) is 0 Å². The zero-order chi connectivity index (χ0) is 6.69. The van der Waals surface area contributed by atoms with Gasteiger partial charge in [-0.1, -0.05) is 39.5 Å². The van der Waals surface area contributed by atoms with Crippen molar-refractivity contribution in [3.05, 3.63) is 0 Å². The molecule has 0 aromatic carbocycles. The van der Waals surface area contributed by atoms with E-state index in [1.165, 1.54) is 32.1 Å². The molecule has 2 unspecified atom stereocenters. The van der Waals surface area contributed by atoms with Crippen LogP contribution < -0.4 is 0 Å². The Bertz CT molecular complexity index is 74.1. The first-order valence-electron chi connectivity index (χ1n) is 4.33. The average molecular weight is 126 g/mol. The van der Waals surface area contributed by atoms with Crippen LogP contribution in [0.1, 0.15) is 46.0 Å². The molecule has 1 aliphatic rings. The van der Waals surface area contributed by atoms with E-state index in [1.54, 1.807) is 0 Å². The molecule has 0 saturated heterocycles. The number of rotatable bonds is 2. The van der Waals surface area contributed by atoms with Crippen LogP contribution in [-0.2, 0) is 0 Å². The summed E-state index contributed by atoms with van der Waals surface area (Å²) in [5.41, 5.74) is 0. The Morgan fingerprint density at radius 1 is 1.33 bits per heavy atom. The molecule has 1 saturated carbocycles. The molecular formula is C9H18. The topological polar surface area (TPSA) is 0 Å². The van der Waals surface area contributed by atoms with Gasteiger partial charge in [-0.25, -0.2) is 0 Å². The molecule has 1 fully saturated rings. The molecule has 0 bridgehead atoms. The summed E-state index contributed by atoms with van der Waals surface area (Å²) in [6.07, 6.45) is 7.37. The van der Waals surface area contributed by atoms with Crippen molar-refractivity contribution in [3.8, 4) is 0 Å². The SMILES string of the molecule is CCCC1CCC(C)C1. The van der Waals surface area contributed by atoms with Gasteiger partial charge in [0.15, 0.2) is 0 Å². The maximum Gasteiger partial charge on any atom is -0.0412 e. The van der Waals surface area contributed by atoms with Crippen molar-refractivity contribution in [1.29, 1.82) is 0 Å². The molecule has 0 aliphatic heterocycles. The fourth-order valence-electron chi connectivity index (χ4n) is 2.00. The van der Waals surface area contributed by atoms with Crippen molar-refractivity contribution in [2.75, 3.05) is 0 Å². The smallest absolute Gasteiger partial charge is 0.0412 e. The third-order valence-electron chi connectivity index (χ3n) is 2.50. The lowest BCUT2D eigenvalue weighted by molar-refractivity contribution is 0.474. The van der Waals surface area contributed by atoms with Gasteiger partial charge in [0.1, 0.15) is 0 Å². The van der Waals surface area contributed by atoms with Crippen LogP contribution in [0.25, 0.3) is 0 Å². The van der Waals surface area contributed by atoms with Crippen molar-refractivity contribution >= 4 is 0 Å². The Labute approximate surface area is 58.7 Å². The van der Waals surface area contributed by atoms with Gasteiger partial charge in [0.2, 0.25) is 0 Å². The summed E-state index contributed by atoms with van der Waals surface area (Å²) in [6, 6.07) is 0. The summed E-state index contributed by atoms with van der Waals surface area (Å²) in [5.74, 6) is 2.12. The highest BCUT2D eigenvalue weighted by Crippen LogP contribution is 2.32. The lowest BCUT2D eigenvalue weighted by Gasteiger charge is -2.05. The van der Waals surface area contributed by atoms with Crippen molar-refractivity contribution in [1.82, 2.24) is 0 Å². The van der Waals surface area contributed by atoms with Gasteiger partial charge in [0, 0.05) is 0 Å². The summed E-state index contributed by atoms with van der Waals surface area (Å²) < 4.78 is 0. The monoisotopic (exact) mass is 126 g/mol. The molecule has 0 aromatic heterocycles. The summed E-state index contributed by atoms with van der Waals surface area (Å²) in [6.45, 7) is 4.68. The molecule has 0 spiro atoms. The van der Waals surface area contributed by atoms with Crippen LogP contribution in [0.2, 0.25) is 0 Å². The van der Waals surface area contributed by atoms with Crippen LogP contribution in [0.4, 0.5) is 0 Å². The predicted molar refractivity (Wildman–Crippen MR) is 41.4 cm³/mol. The Morgan fingerprint density at radius 3 is 2.56 bits per heavy atom. The van der Waals surface area contributed by atoms with Crippen molar-refractivity contribution in [2.45, 2.75) is 46.0 Å². The first kappa shape index (κ1) is 7.11. The van der Waals surface area contributed by atoms with E-state index in [1.807, 2.05) is 0 Å².